The van der Waals surface area contributed by atoms with Gasteiger partial charge in [0.25, 0.3) is 5.69 Å². The quantitative estimate of drug-likeness (QED) is 0.673. The highest BCUT2D eigenvalue weighted by atomic mass is 16.6. The molecule has 0 fully saturated rings. The molecule has 0 saturated heterocycles. The summed E-state index contributed by atoms with van der Waals surface area (Å²) >= 11 is 0. The van der Waals surface area contributed by atoms with Crippen LogP contribution in [0, 0.1) is 17.0 Å². The van der Waals surface area contributed by atoms with Crippen LogP contribution in [0.25, 0.3) is 0 Å². The lowest BCUT2D eigenvalue weighted by atomic mass is 10.1. The van der Waals surface area contributed by atoms with E-state index in [1.807, 2.05) is 13.8 Å². The Morgan fingerprint density at radius 3 is 2.42 bits per heavy atom. The van der Waals surface area contributed by atoms with E-state index in [1.54, 1.807) is 24.5 Å². The lowest BCUT2D eigenvalue weighted by Gasteiger charge is -2.15. The molecular formula is C13H14N4O2. The number of nitro benzene ring substituents is 1. The molecule has 2 rings (SSSR count). The first-order valence-corrected chi connectivity index (χ1v) is 5.86. The van der Waals surface area contributed by atoms with Crippen LogP contribution in [0.4, 0.5) is 11.4 Å². The van der Waals surface area contributed by atoms with Crippen molar-refractivity contribution in [3.63, 3.8) is 0 Å². The average Bonchev–Trinajstić information content (AvgIpc) is 2.39. The number of nitrogens with zero attached hydrogens (tertiary/aromatic N) is 3. The Hall–Kier alpha value is -2.50. The maximum absolute atomic E-state index is 10.6. The highest BCUT2D eigenvalue weighted by Crippen LogP contribution is 2.21. The fourth-order valence-electron chi connectivity index (χ4n) is 1.84. The second-order valence-corrected chi connectivity index (χ2v) is 4.20. The van der Waals surface area contributed by atoms with Gasteiger partial charge in [0.15, 0.2) is 0 Å². The van der Waals surface area contributed by atoms with Crippen molar-refractivity contribution in [1.29, 1.82) is 0 Å². The van der Waals surface area contributed by atoms with Crippen LogP contribution in [0.15, 0.2) is 36.7 Å². The Labute approximate surface area is 110 Å². The number of hydrogen-bond acceptors (Lipinski definition) is 5. The predicted octanol–water partition coefficient (Wildman–Crippen LogP) is 2.87. The maximum atomic E-state index is 10.6. The van der Waals surface area contributed by atoms with Crippen molar-refractivity contribution >= 4 is 11.4 Å². The van der Waals surface area contributed by atoms with E-state index in [4.69, 9.17) is 0 Å². The molecule has 0 spiro atoms. The third kappa shape index (κ3) is 3.04. The molecule has 2 aromatic rings. The van der Waals surface area contributed by atoms with Crippen molar-refractivity contribution in [2.24, 2.45) is 0 Å². The number of nitro groups is 1. The van der Waals surface area contributed by atoms with Crippen molar-refractivity contribution in [3.05, 3.63) is 58.2 Å². The van der Waals surface area contributed by atoms with E-state index in [2.05, 4.69) is 15.3 Å². The SMILES string of the molecule is Cc1nccnc1C(C)Nc1ccc([N+](=O)[O-])cc1. The standard InChI is InChI=1S/C13H14N4O2/c1-9-13(15-8-7-14-9)10(2)16-11-3-5-12(6-4-11)17(18)19/h3-8,10,16H,1-2H3. The van der Waals surface area contributed by atoms with Crippen LogP contribution in [0.3, 0.4) is 0 Å². The van der Waals surface area contributed by atoms with Gasteiger partial charge < -0.3 is 5.32 Å². The highest BCUT2D eigenvalue weighted by molar-refractivity contribution is 5.49. The van der Waals surface area contributed by atoms with Gasteiger partial charge in [0.2, 0.25) is 0 Å². The van der Waals surface area contributed by atoms with Crippen LogP contribution in [0.5, 0.6) is 0 Å². The summed E-state index contributed by atoms with van der Waals surface area (Å²) in [5.74, 6) is 0. The largest absolute Gasteiger partial charge is 0.377 e. The number of anilines is 1. The van der Waals surface area contributed by atoms with Crippen LogP contribution in [-0.2, 0) is 0 Å². The van der Waals surface area contributed by atoms with Gasteiger partial charge in [-0.05, 0) is 26.0 Å². The van der Waals surface area contributed by atoms with Crippen molar-refractivity contribution in [2.45, 2.75) is 19.9 Å². The Morgan fingerprint density at radius 1 is 1.21 bits per heavy atom. The number of hydrogen-bond donors (Lipinski definition) is 1. The highest BCUT2D eigenvalue weighted by Gasteiger charge is 2.11. The molecule has 6 nitrogen and oxygen atoms in total. The van der Waals surface area contributed by atoms with Gasteiger partial charge in [-0.3, -0.25) is 20.1 Å². The number of benzene rings is 1. The van der Waals surface area contributed by atoms with Gasteiger partial charge >= 0.3 is 0 Å². The summed E-state index contributed by atoms with van der Waals surface area (Å²) in [6.45, 7) is 3.87. The topological polar surface area (TPSA) is 81.0 Å². The first-order valence-electron chi connectivity index (χ1n) is 5.86. The molecule has 1 atom stereocenters. The molecule has 0 bridgehead atoms. The Morgan fingerprint density at radius 2 is 1.84 bits per heavy atom. The Balaban J connectivity index is 2.13. The second kappa shape index (κ2) is 5.43. The molecule has 0 aliphatic carbocycles. The molecular weight excluding hydrogens is 244 g/mol. The molecule has 0 radical (unpaired) electrons. The zero-order valence-electron chi connectivity index (χ0n) is 10.7. The lowest BCUT2D eigenvalue weighted by molar-refractivity contribution is -0.384. The first kappa shape index (κ1) is 12.9. The molecule has 0 aliphatic heterocycles. The second-order valence-electron chi connectivity index (χ2n) is 4.20. The maximum Gasteiger partial charge on any atom is 0.269 e. The van der Waals surface area contributed by atoms with Crippen LogP contribution < -0.4 is 5.32 Å². The molecule has 1 N–H and O–H groups in total. The Kier molecular flexibility index (Phi) is 3.70. The molecule has 6 heteroatoms. The van der Waals surface area contributed by atoms with E-state index in [9.17, 15) is 10.1 Å². The molecule has 1 aromatic heterocycles. The summed E-state index contributed by atoms with van der Waals surface area (Å²) in [7, 11) is 0. The summed E-state index contributed by atoms with van der Waals surface area (Å²) in [5.41, 5.74) is 2.61. The third-order valence-corrected chi connectivity index (χ3v) is 2.79. The third-order valence-electron chi connectivity index (χ3n) is 2.79. The molecule has 98 valence electrons. The van der Waals surface area contributed by atoms with Gasteiger partial charge in [0.1, 0.15) is 0 Å². The number of nitrogens with one attached hydrogen (secondary N) is 1. The Bertz CT molecular complexity index is 583. The van der Waals surface area contributed by atoms with E-state index in [0.29, 0.717) is 0 Å². The normalized spacial score (nSPS) is 11.9. The minimum atomic E-state index is -0.417. The van der Waals surface area contributed by atoms with Gasteiger partial charge in [-0.15, -0.1) is 0 Å². The van der Waals surface area contributed by atoms with E-state index in [1.165, 1.54) is 12.1 Å². The van der Waals surface area contributed by atoms with Crippen LogP contribution >= 0.6 is 0 Å². The van der Waals surface area contributed by atoms with E-state index >= 15 is 0 Å². The van der Waals surface area contributed by atoms with Crippen LogP contribution in [-0.4, -0.2) is 14.9 Å². The summed E-state index contributed by atoms with van der Waals surface area (Å²) in [6, 6.07) is 6.29. The van der Waals surface area contributed by atoms with Gasteiger partial charge in [-0.1, -0.05) is 0 Å². The molecule has 1 unspecified atom stereocenters. The summed E-state index contributed by atoms with van der Waals surface area (Å²) in [6.07, 6.45) is 3.30. The minimum absolute atomic E-state index is 0.0184. The van der Waals surface area contributed by atoms with Crippen molar-refractivity contribution in [1.82, 2.24) is 9.97 Å². The van der Waals surface area contributed by atoms with Crippen molar-refractivity contribution in [3.8, 4) is 0 Å². The first-order chi connectivity index (χ1) is 9.08. The monoisotopic (exact) mass is 258 g/mol. The average molecular weight is 258 g/mol. The van der Waals surface area contributed by atoms with Crippen LogP contribution in [0.2, 0.25) is 0 Å². The smallest absolute Gasteiger partial charge is 0.269 e. The predicted molar refractivity (Wildman–Crippen MR) is 71.9 cm³/mol. The van der Waals surface area contributed by atoms with Gasteiger partial charge in [-0.2, -0.15) is 0 Å². The fraction of sp³-hybridized carbons (Fsp3) is 0.231. The number of aromatic nitrogens is 2. The molecule has 0 amide bonds. The number of aryl methyl sites for hydroxylation is 1. The fourth-order valence-corrected chi connectivity index (χ4v) is 1.84. The zero-order valence-corrected chi connectivity index (χ0v) is 10.7. The zero-order chi connectivity index (χ0) is 13.8. The van der Waals surface area contributed by atoms with E-state index in [0.717, 1.165) is 17.1 Å². The van der Waals surface area contributed by atoms with Crippen LogP contribution in [0.1, 0.15) is 24.4 Å². The summed E-state index contributed by atoms with van der Waals surface area (Å²) in [4.78, 5) is 18.6. The van der Waals surface area contributed by atoms with E-state index < -0.39 is 4.92 Å². The summed E-state index contributed by atoms with van der Waals surface area (Å²) in [5, 5.41) is 13.8. The summed E-state index contributed by atoms with van der Waals surface area (Å²) < 4.78 is 0. The molecule has 19 heavy (non-hydrogen) atoms. The number of rotatable bonds is 4. The van der Waals surface area contributed by atoms with Gasteiger partial charge in [0, 0.05) is 30.2 Å². The van der Waals surface area contributed by atoms with E-state index in [-0.39, 0.29) is 11.7 Å². The van der Waals surface area contributed by atoms with Gasteiger partial charge in [0.05, 0.1) is 22.4 Å². The van der Waals surface area contributed by atoms with Gasteiger partial charge in [-0.25, -0.2) is 0 Å². The molecule has 0 aliphatic rings. The molecule has 0 saturated carbocycles. The molecule has 1 aromatic carbocycles. The van der Waals surface area contributed by atoms with Crippen molar-refractivity contribution < 1.29 is 4.92 Å². The molecule has 1 heterocycles. The lowest BCUT2D eigenvalue weighted by Crippen LogP contribution is -2.10. The number of non-ortho nitro benzene ring substituents is 1. The van der Waals surface area contributed by atoms with Crippen molar-refractivity contribution in [2.75, 3.05) is 5.32 Å². The minimum Gasteiger partial charge on any atom is -0.377 e.